The second-order valence-electron chi connectivity index (χ2n) is 5.21. The number of piperazine rings is 3. The Hall–Kier alpha value is -0.280. The molecule has 0 unspecified atom stereocenters. The Labute approximate surface area is 112 Å². The molecule has 0 aromatic heterocycles. The van der Waals surface area contributed by atoms with Gasteiger partial charge in [0.05, 0.1) is 29.7 Å². The Kier molecular flexibility index (Phi) is 3.07. The summed E-state index contributed by atoms with van der Waals surface area (Å²) in [5.41, 5.74) is 1.13. The molecule has 2 nitrogen and oxygen atoms in total. The van der Waals surface area contributed by atoms with E-state index >= 15 is 0 Å². The maximum Gasteiger partial charge on any atom is 0.107 e. The smallest absolute Gasteiger partial charge is 0.107 e. The number of quaternary nitrogens is 1. The van der Waals surface area contributed by atoms with Crippen molar-refractivity contribution in [1.82, 2.24) is 4.90 Å². The van der Waals surface area contributed by atoms with Gasteiger partial charge in [0.1, 0.15) is 6.54 Å². The molecule has 3 aliphatic heterocycles. The third kappa shape index (κ3) is 2.19. The number of benzene rings is 1. The first-order valence-electron chi connectivity index (χ1n) is 6.19. The zero-order valence-electron chi connectivity index (χ0n) is 9.83. The Bertz CT molecular complexity index is 391. The molecule has 0 atom stereocenters. The Morgan fingerprint density at radius 1 is 1.00 bits per heavy atom. The van der Waals surface area contributed by atoms with Crippen LogP contribution in [0.1, 0.15) is 5.56 Å². The molecule has 0 spiro atoms. The topological polar surface area (TPSA) is 3.24 Å². The summed E-state index contributed by atoms with van der Waals surface area (Å²) >= 11 is 12.6. The van der Waals surface area contributed by atoms with Crippen LogP contribution in [0.2, 0.25) is 10.0 Å². The van der Waals surface area contributed by atoms with Gasteiger partial charge in [0.25, 0.3) is 0 Å². The summed E-state index contributed by atoms with van der Waals surface area (Å²) < 4.78 is 1.17. The lowest BCUT2D eigenvalue weighted by Crippen LogP contribution is -2.66. The molecule has 3 saturated heterocycles. The maximum absolute atomic E-state index is 6.28. The van der Waals surface area contributed by atoms with E-state index in [9.17, 15) is 0 Å². The van der Waals surface area contributed by atoms with E-state index < -0.39 is 0 Å². The first-order chi connectivity index (χ1) is 8.19. The van der Waals surface area contributed by atoms with E-state index in [1.54, 1.807) is 0 Å². The van der Waals surface area contributed by atoms with Crippen molar-refractivity contribution in [3.05, 3.63) is 33.8 Å². The summed E-state index contributed by atoms with van der Waals surface area (Å²) in [5.74, 6) is 0. The summed E-state index contributed by atoms with van der Waals surface area (Å²) in [7, 11) is 0. The van der Waals surface area contributed by atoms with E-state index in [1.165, 1.54) is 43.8 Å². The molecule has 3 heterocycles. The van der Waals surface area contributed by atoms with Gasteiger partial charge in [-0.15, -0.1) is 0 Å². The normalized spacial score (nSPS) is 31.8. The molecular formula is C13H17Cl2N2+. The molecule has 3 aliphatic rings. The second-order valence-corrected chi connectivity index (χ2v) is 6.03. The summed E-state index contributed by atoms with van der Waals surface area (Å²) in [6.07, 6.45) is 0. The third-order valence-corrected chi connectivity index (χ3v) is 4.94. The van der Waals surface area contributed by atoms with Gasteiger partial charge in [-0.3, -0.25) is 4.90 Å². The number of nitrogens with zero attached hydrogens (tertiary/aromatic N) is 2. The number of hydrogen-bond acceptors (Lipinski definition) is 1. The van der Waals surface area contributed by atoms with Gasteiger partial charge >= 0.3 is 0 Å². The van der Waals surface area contributed by atoms with Crippen molar-refractivity contribution in [1.29, 1.82) is 0 Å². The SMILES string of the molecule is Clc1cccc(Cl)c1C[N+]12CCN(CC1)CC2. The number of rotatable bonds is 2. The van der Waals surface area contributed by atoms with Crippen LogP contribution in [0.25, 0.3) is 0 Å². The van der Waals surface area contributed by atoms with Gasteiger partial charge in [-0.05, 0) is 12.1 Å². The lowest BCUT2D eigenvalue weighted by Gasteiger charge is -2.50. The van der Waals surface area contributed by atoms with E-state index in [0.717, 1.165) is 22.2 Å². The van der Waals surface area contributed by atoms with Crippen LogP contribution in [-0.2, 0) is 6.54 Å². The number of halogens is 2. The monoisotopic (exact) mass is 271 g/mol. The average Bonchev–Trinajstić information content (AvgIpc) is 2.36. The highest BCUT2D eigenvalue weighted by atomic mass is 35.5. The summed E-state index contributed by atoms with van der Waals surface area (Å²) in [6.45, 7) is 8.38. The highest BCUT2D eigenvalue weighted by Gasteiger charge is 2.39. The minimum atomic E-state index is 0.818. The predicted molar refractivity (Wildman–Crippen MR) is 71.5 cm³/mol. The minimum Gasteiger partial charge on any atom is -0.317 e. The van der Waals surface area contributed by atoms with Crippen LogP contribution in [-0.4, -0.2) is 48.7 Å². The van der Waals surface area contributed by atoms with Crippen molar-refractivity contribution < 1.29 is 4.48 Å². The minimum absolute atomic E-state index is 0.818. The lowest BCUT2D eigenvalue weighted by atomic mass is 10.1. The Morgan fingerprint density at radius 2 is 1.53 bits per heavy atom. The zero-order valence-corrected chi connectivity index (χ0v) is 11.3. The molecule has 2 bridgehead atoms. The van der Waals surface area contributed by atoms with Crippen molar-refractivity contribution in [3.63, 3.8) is 0 Å². The van der Waals surface area contributed by atoms with Gasteiger partial charge < -0.3 is 4.48 Å². The summed E-state index contributed by atoms with van der Waals surface area (Å²) in [4.78, 5) is 2.55. The van der Waals surface area contributed by atoms with Gasteiger partial charge in [-0.25, -0.2) is 0 Å². The molecule has 4 rings (SSSR count). The fourth-order valence-electron chi connectivity index (χ4n) is 2.99. The van der Waals surface area contributed by atoms with E-state index in [0.29, 0.717) is 0 Å². The first kappa shape index (κ1) is 11.8. The van der Waals surface area contributed by atoms with Gasteiger partial charge in [-0.1, -0.05) is 29.3 Å². The molecular weight excluding hydrogens is 255 g/mol. The molecule has 92 valence electrons. The van der Waals surface area contributed by atoms with Gasteiger partial charge in [0.2, 0.25) is 0 Å². The maximum atomic E-state index is 6.28. The highest BCUT2D eigenvalue weighted by Crippen LogP contribution is 2.30. The molecule has 17 heavy (non-hydrogen) atoms. The van der Waals surface area contributed by atoms with Crippen LogP contribution in [0.4, 0.5) is 0 Å². The quantitative estimate of drug-likeness (QED) is 0.748. The van der Waals surface area contributed by atoms with Gasteiger partial charge in [0.15, 0.2) is 0 Å². The van der Waals surface area contributed by atoms with E-state index in [4.69, 9.17) is 23.2 Å². The summed E-state index contributed by atoms with van der Waals surface area (Å²) in [5, 5.41) is 1.64. The van der Waals surface area contributed by atoms with Crippen LogP contribution in [0.5, 0.6) is 0 Å². The van der Waals surface area contributed by atoms with Crippen molar-refractivity contribution in [3.8, 4) is 0 Å². The van der Waals surface area contributed by atoms with Gasteiger partial charge in [0, 0.05) is 25.2 Å². The predicted octanol–water partition coefficient (Wildman–Crippen LogP) is 2.64. The molecule has 0 saturated carbocycles. The van der Waals surface area contributed by atoms with Crippen LogP contribution in [0.3, 0.4) is 0 Å². The Morgan fingerprint density at radius 3 is 2.06 bits per heavy atom. The second kappa shape index (κ2) is 4.43. The summed E-state index contributed by atoms with van der Waals surface area (Å²) in [6, 6.07) is 5.81. The fraction of sp³-hybridized carbons (Fsp3) is 0.538. The standard InChI is InChI=1S/C13H17Cl2N2/c14-12-2-1-3-13(15)11(12)10-17-7-4-16(5-8-17)6-9-17/h1-3H,4-10H2/q+1. The van der Waals surface area contributed by atoms with E-state index in [1.807, 2.05) is 18.2 Å². The third-order valence-electron chi connectivity index (χ3n) is 4.23. The molecule has 3 fully saturated rings. The molecule has 0 radical (unpaired) electrons. The van der Waals surface area contributed by atoms with Crippen molar-refractivity contribution in [2.45, 2.75) is 6.54 Å². The molecule has 0 amide bonds. The van der Waals surface area contributed by atoms with Crippen molar-refractivity contribution in [2.24, 2.45) is 0 Å². The molecule has 0 aliphatic carbocycles. The largest absolute Gasteiger partial charge is 0.317 e. The Balaban J connectivity index is 1.86. The van der Waals surface area contributed by atoms with Crippen LogP contribution in [0.15, 0.2) is 18.2 Å². The molecule has 1 aromatic rings. The molecule has 0 N–H and O–H groups in total. The fourth-order valence-corrected chi connectivity index (χ4v) is 3.50. The average molecular weight is 272 g/mol. The highest BCUT2D eigenvalue weighted by molar-refractivity contribution is 6.35. The van der Waals surface area contributed by atoms with Crippen LogP contribution < -0.4 is 0 Å². The zero-order chi connectivity index (χ0) is 11.9. The number of hydrogen-bond donors (Lipinski definition) is 0. The van der Waals surface area contributed by atoms with Crippen LogP contribution in [0, 0.1) is 0 Å². The molecule has 1 aromatic carbocycles. The van der Waals surface area contributed by atoms with E-state index in [2.05, 4.69) is 4.90 Å². The van der Waals surface area contributed by atoms with Crippen molar-refractivity contribution >= 4 is 23.2 Å². The molecule has 4 heteroatoms. The van der Waals surface area contributed by atoms with Crippen LogP contribution >= 0.6 is 23.2 Å². The lowest BCUT2D eigenvalue weighted by molar-refractivity contribution is -0.953. The van der Waals surface area contributed by atoms with E-state index in [-0.39, 0.29) is 0 Å². The number of fused-ring (bicyclic) bond motifs is 3. The van der Waals surface area contributed by atoms with Crippen molar-refractivity contribution in [2.75, 3.05) is 39.3 Å². The first-order valence-corrected chi connectivity index (χ1v) is 6.95. The van der Waals surface area contributed by atoms with Gasteiger partial charge in [-0.2, -0.15) is 0 Å².